The predicted molar refractivity (Wildman–Crippen MR) is 82.4 cm³/mol. The summed E-state index contributed by atoms with van der Waals surface area (Å²) in [7, 11) is -1.87. The van der Waals surface area contributed by atoms with Crippen LogP contribution in [0.15, 0.2) is 23.2 Å². The van der Waals surface area contributed by atoms with Crippen molar-refractivity contribution in [3.63, 3.8) is 0 Å². The maximum atomic E-state index is 12.0. The van der Waals surface area contributed by atoms with Crippen LogP contribution < -0.4 is 15.8 Å². The Morgan fingerprint density at radius 3 is 2.90 bits per heavy atom. The minimum Gasteiger partial charge on any atom is -0.481 e. The number of nitrogens with two attached hydrogens (primary N) is 1. The van der Waals surface area contributed by atoms with Gasteiger partial charge >= 0.3 is 0 Å². The Kier molecular flexibility index (Phi) is 4.63. The van der Waals surface area contributed by atoms with Gasteiger partial charge in [-0.25, -0.2) is 13.4 Å². The largest absolute Gasteiger partial charge is 0.481 e. The Morgan fingerprint density at radius 2 is 2.24 bits per heavy atom. The fourth-order valence-corrected chi connectivity index (χ4v) is 3.87. The number of sulfone groups is 1. The van der Waals surface area contributed by atoms with Gasteiger partial charge in [-0.05, 0) is 23.2 Å². The molecule has 0 spiro atoms. The highest BCUT2D eigenvalue weighted by molar-refractivity contribution is 7.91. The summed E-state index contributed by atoms with van der Waals surface area (Å²) in [6, 6.07) is 3.58. The molecular weight excluding hydrogens is 312 g/mol. The zero-order valence-electron chi connectivity index (χ0n) is 11.7. The van der Waals surface area contributed by atoms with Crippen LogP contribution in [0.4, 0.5) is 10.8 Å². The van der Waals surface area contributed by atoms with Gasteiger partial charge in [0.1, 0.15) is 9.90 Å². The molecule has 0 radical (unpaired) electrons. The highest BCUT2D eigenvalue weighted by Crippen LogP contribution is 2.32. The van der Waals surface area contributed by atoms with Crippen LogP contribution >= 0.6 is 11.5 Å². The third-order valence-electron chi connectivity index (χ3n) is 2.83. The van der Waals surface area contributed by atoms with Gasteiger partial charge in [0, 0.05) is 18.8 Å². The lowest BCUT2D eigenvalue weighted by Crippen LogP contribution is -2.09. The van der Waals surface area contributed by atoms with Crippen molar-refractivity contribution >= 4 is 32.2 Å². The number of anilines is 2. The normalized spacial score (nSPS) is 11.3. The van der Waals surface area contributed by atoms with Gasteiger partial charge in [0.2, 0.25) is 5.88 Å². The standard InChI is InChI=1S/C12H16N4O3S2/c1-3-21(17,18)10-11(13)16-20-12(10)15-7-8-4-5-14-9(6-8)19-2/h4-6,15H,3,7H2,1-2H3,(H2,13,16). The highest BCUT2D eigenvalue weighted by atomic mass is 32.2. The predicted octanol–water partition coefficient (Wildman–Crippen LogP) is 1.53. The number of rotatable bonds is 6. The van der Waals surface area contributed by atoms with E-state index in [4.69, 9.17) is 10.5 Å². The maximum absolute atomic E-state index is 12.0. The third kappa shape index (κ3) is 3.42. The van der Waals surface area contributed by atoms with E-state index in [0.717, 1.165) is 17.1 Å². The fraction of sp³-hybridized carbons (Fsp3) is 0.333. The summed E-state index contributed by atoms with van der Waals surface area (Å²) < 4.78 is 33.0. The van der Waals surface area contributed by atoms with Crippen LogP contribution in [0.3, 0.4) is 0 Å². The topological polar surface area (TPSA) is 107 Å². The van der Waals surface area contributed by atoms with Crippen molar-refractivity contribution < 1.29 is 13.2 Å². The SMILES string of the molecule is CCS(=O)(=O)c1c(N)nsc1NCc1ccnc(OC)c1. The lowest BCUT2D eigenvalue weighted by Gasteiger charge is -2.08. The Labute approximate surface area is 127 Å². The Morgan fingerprint density at radius 1 is 1.48 bits per heavy atom. The van der Waals surface area contributed by atoms with Gasteiger partial charge in [0.15, 0.2) is 15.7 Å². The number of nitrogens with zero attached hydrogens (tertiary/aromatic N) is 2. The van der Waals surface area contributed by atoms with E-state index in [0.29, 0.717) is 17.4 Å². The first-order valence-electron chi connectivity index (χ1n) is 6.18. The molecule has 0 aromatic carbocycles. The summed E-state index contributed by atoms with van der Waals surface area (Å²) in [5, 5.41) is 3.50. The van der Waals surface area contributed by atoms with Crippen LogP contribution in [-0.2, 0) is 16.4 Å². The molecular formula is C12H16N4O3S2. The van der Waals surface area contributed by atoms with Crippen LogP contribution in [0.2, 0.25) is 0 Å². The van der Waals surface area contributed by atoms with Gasteiger partial charge < -0.3 is 15.8 Å². The third-order valence-corrected chi connectivity index (χ3v) is 5.57. The second-order valence-electron chi connectivity index (χ2n) is 4.19. The molecule has 0 fully saturated rings. The number of pyridine rings is 1. The molecule has 114 valence electrons. The number of nitrogen functional groups attached to an aromatic ring is 1. The lowest BCUT2D eigenvalue weighted by atomic mass is 10.2. The zero-order chi connectivity index (χ0) is 15.5. The van der Waals surface area contributed by atoms with Crippen molar-refractivity contribution in [2.24, 2.45) is 0 Å². The molecule has 2 aromatic rings. The summed E-state index contributed by atoms with van der Waals surface area (Å²) in [6.45, 7) is 2.00. The molecule has 7 nitrogen and oxygen atoms in total. The van der Waals surface area contributed by atoms with Gasteiger partial charge in [-0.2, -0.15) is 4.37 Å². The molecule has 0 aliphatic heterocycles. The first-order valence-corrected chi connectivity index (χ1v) is 8.61. The fourth-order valence-electron chi connectivity index (χ4n) is 1.71. The zero-order valence-corrected chi connectivity index (χ0v) is 13.3. The quantitative estimate of drug-likeness (QED) is 0.828. The molecule has 3 N–H and O–H groups in total. The van der Waals surface area contributed by atoms with Crippen molar-refractivity contribution in [2.75, 3.05) is 23.9 Å². The lowest BCUT2D eigenvalue weighted by molar-refractivity contribution is 0.397. The minimum atomic E-state index is -3.41. The van der Waals surface area contributed by atoms with Gasteiger partial charge in [-0.3, -0.25) is 0 Å². The van der Waals surface area contributed by atoms with E-state index in [-0.39, 0.29) is 16.5 Å². The monoisotopic (exact) mass is 328 g/mol. The van der Waals surface area contributed by atoms with E-state index in [1.807, 2.05) is 6.07 Å². The van der Waals surface area contributed by atoms with Crippen molar-refractivity contribution in [1.29, 1.82) is 0 Å². The molecule has 2 rings (SSSR count). The van der Waals surface area contributed by atoms with E-state index >= 15 is 0 Å². The molecule has 0 aliphatic rings. The Hall–Kier alpha value is -1.87. The minimum absolute atomic E-state index is 0.0205. The van der Waals surface area contributed by atoms with Crippen molar-refractivity contribution in [3.8, 4) is 5.88 Å². The highest BCUT2D eigenvalue weighted by Gasteiger charge is 2.23. The average molecular weight is 328 g/mol. The summed E-state index contributed by atoms with van der Waals surface area (Å²) >= 11 is 1.04. The molecule has 2 aromatic heterocycles. The first kappa shape index (κ1) is 15.5. The van der Waals surface area contributed by atoms with Crippen LogP contribution in [0, 0.1) is 0 Å². The van der Waals surface area contributed by atoms with Gasteiger partial charge in [-0.15, -0.1) is 0 Å². The molecule has 0 unspecified atom stereocenters. The molecule has 0 saturated carbocycles. The van der Waals surface area contributed by atoms with Crippen LogP contribution in [0.1, 0.15) is 12.5 Å². The molecule has 0 saturated heterocycles. The van der Waals surface area contributed by atoms with E-state index in [1.165, 1.54) is 7.11 Å². The molecule has 0 bridgehead atoms. The van der Waals surface area contributed by atoms with Crippen molar-refractivity contribution in [1.82, 2.24) is 9.36 Å². The second-order valence-corrected chi connectivity index (χ2v) is 7.18. The molecule has 0 atom stereocenters. The molecule has 0 aliphatic carbocycles. The summed E-state index contributed by atoms with van der Waals surface area (Å²) in [4.78, 5) is 4.09. The van der Waals surface area contributed by atoms with Crippen LogP contribution in [-0.4, -0.2) is 30.6 Å². The maximum Gasteiger partial charge on any atom is 0.213 e. The molecule has 21 heavy (non-hydrogen) atoms. The number of methoxy groups -OCH3 is 1. The summed E-state index contributed by atoms with van der Waals surface area (Å²) in [5.41, 5.74) is 6.58. The number of ether oxygens (including phenoxy) is 1. The van der Waals surface area contributed by atoms with Gasteiger partial charge in [0.05, 0.1) is 12.9 Å². The van der Waals surface area contributed by atoms with E-state index in [1.54, 1.807) is 19.2 Å². The number of aromatic nitrogens is 2. The first-order chi connectivity index (χ1) is 9.97. The summed E-state index contributed by atoms with van der Waals surface area (Å²) in [6.07, 6.45) is 1.63. The Balaban J connectivity index is 2.21. The van der Waals surface area contributed by atoms with E-state index in [9.17, 15) is 8.42 Å². The summed E-state index contributed by atoms with van der Waals surface area (Å²) in [5.74, 6) is 0.518. The van der Waals surface area contributed by atoms with Gasteiger partial charge in [-0.1, -0.05) is 6.92 Å². The average Bonchev–Trinajstić information content (AvgIpc) is 2.87. The van der Waals surface area contributed by atoms with Crippen LogP contribution in [0.5, 0.6) is 5.88 Å². The number of hydrogen-bond acceptors (Lipinski definition) is 8. The van der Waals surface area contributed by atoms with Crippen LogP contribution in [0.25, 0.3) is 0 Å². The molecule has 9 heteroatoms. The number of nitrogens with one attached hydrogen (secondary N) is 1. The smallest absolute Gasteiger partial charge is 0.213 e. The molecule has 2 heterocycles. The van der Waals surface area contributed by atoms with Crippen molar-refractivity contribution in [3.05, 3.63) is 23.9 Å². The number of hydrogen-bond donors (Lipinski definition) is 2. The second kappa shape index (κ2) is 6.27. The van der Waals surface area contributed by atoms with E-state index < -0.39 is 9.84 Å². The van der Waals surface area contributed by atoms with Crippen molar-refractivity contribution in [2.45, 2.75) is 18.4 Å². The van der Waals surface area contributed by atoms with E-state index in [2.05, 4.69) is 14.7 Å². The van der Waals surface area contributed by atoms with Gasteiger partial charge in [0.25, 0.3) is 0 Å². The Bertz CT molecular complexity index is 728. The molecule has 0 amide bonds.